The van der Waals surface area contributed by atoms with Crippen molar-refractivity contribution >= 4 is 0 Å². The van der Waals surface area contributed by atoms with Gasteiger partial charge in [-0.1, -0.05) is 26.8 Å². The van der Waals surface area contributed by atoms with Crippen LogP contribution in [0.2, 0.25) is 0 Å². The van der Waals surface area contributed by atoms with Crippen LogP contribution in [0.3, 0.4) is 0 Å². The fourth-order valence-electron chi connectivity index (χ4n) is 2.38. The van der Waals surface area contributed by atoms with Gasteiger partial charge in [0.1, 0.15) is 7.05 Å². The van der Waals surface area contributed by atoms with Crippen LogP contribution in [0.15, 0.2) is 36.5 Å². The minimum absolute atomic E-state index is 0.0570. The zero-order chi connectivity index (χ0) is 16.7. The van der Waals surface area contributed by atoms with Crippen LogP contribution in [0.1, 0.15) is 37.5 Å². The van der Waals surface area contributed by atoms with Crippen molar-refractivity contribution in [2.24, 2.45) is 7.05 Å². The molecule has 0 aliphatic rings. The maximum atomic E-state index is 13.0. The second-order valence-corrected chi connectivity index (χ2v) is 6.69. The summed E-state index contributed by atoms with van der Waals surface area (Å²) in [6, 6.07) is 7.88. The van der Waals surface area contributed by atoms with Gasteiger partial charge in [0.05, 0.1) is 5.56 Å². The second kappa shape index (κ2) is 5.41. The average Bonchev–Trinajstić information content (AvgIpc) is 2.37. The van der Waals surface area contributed by atoms with Crippen LogP contribution in [0.25, 0.3) is 11.3 Å². The third-order valence-corrected chi connectivity index (χ3v) is 3.86. The summed E-state index contributed by atoms with van der Waals surface area (Å²) in [6.07, 6.45) is -2.43. The smallest absolute Gasteiger partial charge is 0.201 e. The van der Waals surface area contributed by atoms with E-state index in [0.717, 1.165) is 22.9 Å². The van der Waals surface area contributed by atoms with Crippen molar-refractivity contribution in [3.63, 3.8) is 0 Å². The fraction of sp³-hybridized carbons (Fsp3) is 0.389. The molecule has 0 N–H and O–H groups in total. The Bertz CT molecular complexity index is 633. The number of hydrogen-bond acceptors (Lipinski definition) is 0. The molecule has 2 rings (SSSR count). The number of alkyl halides is 3. The molecule has 4 heteroatoms. The van der Waals surface area contributed by atoms with Gasteiger partial charge in [0, 0.05) is 17.7 Å². The van der Waals surface area contributed by atoms with Crippen molar-refractivity contribution in [3.8, 4) is 11.3 Å². The summed E-state index contributed by atoms with van der Waals surface area (Å²) in [5.41, 5.74) is 2.65. The van der Waals surface area contributed by atoms with E-state index in [1.165, 1.54) is 12.1 Å². The zero-order valence-corrected chi connectivity index (χ0v) is 13.5. The highest BCUT2D eigenvalue weighted by Crippen LogP contribution is 2.34. The Hall–Kier alpha value is -1.84. The minimum atomic E-state index is -4.33. The molecule has 0 fully saturated rings. The molecular formula is C18H21F3N+. The highest BCUT2D eigenvalue weighted by molar-refractivity contribution is 5.63. The van der Waals surface area contributed by atoms with E-state index in [1.54, 1.807) is 0 Å². The number of aryl methyl sites for hydroxylation is 2. The van der Waals surface area contributed by atoms with Gasteiger partial charge in [-0.15, -0.1) is 0 Å². The molecule has 0 bridgehead atoms. The number of hydrogen-bond donors (Lipinski definition) is 0. The Balaban J connectivity index is 2.66. The molecule has 2 aromatic rings. The summed E-state index contributed by atoms with van der Waals surface area (Å²) in [4.78, 5) is 0. The fourth-order valence-corrected chi connectivity index (χ4v) is 2.38. The Labute approximate surface area is 129 Å². The van der Waals surface area contributed by atoms with Crippen LogP contribution in [0.4, 0.5) is 13.2 Å². The molecule has 0 unspecified atom stereocenters. The van der Waals surface area contributed by atoms with Gasteiger partial charge >= 0.3 is 6.18 Å². The van der Waals surface area contributed by atoms with Crippen LogP contribution in [0, 0.1) is 6.92 Å². The van der Waals surface area contributed by atoms with Crippen molar-refractivity contribution in [3.05, 3.63) is 53.2 Å². The summed E-state index contributed by atoms with van der Waals surface area (Å²) >= 11 is 0. The molecule has 0 atom stereocenters. The number of pyridine rings is 1. The van der Waals surface area contributed by atoms with Gasteiger partial charge in [0.15, 0.2) is 6.20 Å². The van der Waals surface area contributed by atoms with Gasteiger partial charge in [0.2, 0.25) is 5.69 Å². The van der Waals surface area contributed by atoms with Crippen molar-refractivity contribution in [1.29, 1.82) is 0 Å². The van der Waals surface area contributed by atoms with Crippen LogP contribution in [-0.4, -0.2) is 0 Å². The van der Waals surface area contributed by atoms with E-state index in [2.05, 4.69) is 20.8 Å². The number of halogens is 3. The SMILES string of the molecule is Cc1ccc(C(F)(F)F)cc1-c1cc(C(C)(C)C)cc[n+]1C. The molecule has 0 spiro atoms. The molecule has 118 valence electrons. The van der Waals surface area contributed by atoms with Crippen LogP contribution in [-0.2, 0) is 18.6 Å². The van der Waals surface area contributed by atoms with Crippen molar-refractivity contribution in [2.75, 3.05) is 0 Å². The molecule has 1 heterocycles. The van der Waals surface area contributed by atoms with Crippen molar-refractivity contribution < 1.29 is 17.7 Å². The maximum Gasteiger partial charge on any atom is 0.416 e. The maximum absolute atomic E-state index is 13.0. The van der Waals surface area contributed by atoms with Gasteiger partial charge in [-0.2, -0.15) is 13.2 Å². The summed E-state index contributed by atoms with van der Waals surface area (Å²) in [5.74, 6) is 0. The normalized spacial score (nSPS) is 12.5. The van der Waals surface area contributed by atoms with Crippen LogP contribution in [0.5, 0.6) is 0 Å². The lowest BCUT2D eigenvalue weighted by Crippen LogP contribution is -2.32. The Morgan fingerprint density at radius 2 is 1.55 bits per heavy atom. The molecule has 1 aromatic heterocycles. The second-order valence-electron chi connectivity index (χ2n) is 6.69. The van der Waals surface area contributed by atoms with Gasteiger partial charge in [-0.05, 0) is 35.6 Å². The summed E-state index contributed by atoms with van der Waals surface area (Å²) < 4.78 is 40.8. The first kappa shape index (κ1) is 16.5. The minimum Gasteiger partial charge on any atom is -0.201 e. The predicted molar refractivity (Wildman–Crippen MR) is 81.5 cm³/mol. The van der Waals surface area contributed by atoms with Crippen molar-refractivity contribution in [1.82, 2.24) is 0 Å². The molecule has 1 aromatic carbocycles. The standard InChI is InChI=1S/C18H21F3N/c1-12-6-7-14(18(19,20)21)10-15(12)16-11-13(17(2,3)4)8-9-22(16)5/h6-11H,1-5H3/q+1. The third kappa shape index (κ3) is 3.32. The van der Waals surface area contributed by atoms with E-state index in [1.807, 2.05) is 36.9 Å². The first-order chi connectivity index (χ1) is 10.00. The zero-order valence-electron chi connectivity index (χ0n) is 13.5. The first-order valence-electron chi connectivity index (χ1n) is 7.18. The lowest BCUT2D eigenvalue weighted by Gasteiger charge is -2.19. The van der Waals surface area contributed by atoms with Gasteiger partial charge in [0.25, 0.3) is 0 Å². The molecule has 0 radical (unpaired) electrons. The average molecular weight is 308 g/mol. The quantitative estimate of drug-likeness (QED) is 0.666. The topological polar surface area (TPSA) is 3.88 Å². The van der Waals surface area contributed by atoms with E-state index in [4.69, 9.17) is 0 Å². The molecule has 22 heavy (non-hydrogen) atoms. The lowest BCUT2D eigenvalue weighted by molar-refractivity contribution is -0.660. The monoisotopic (exact) mass is 308 g/mol. The van der Waals surface area contributed by atoms with E-state index in [9.17, 15) is 13.2 Å². The Morgan fingerprint density at radius 3 is 2.09 bits per heavy atom. The Morgan fingerprint density at radius 1 is 0.909 bits per heavy atom. The molecule has 0 aliphatic heterocycles. The van der Waals surface area contributed by atoms with Gasteiger partial charge in [-0.3, -0.25) is 0 Å². The summed E-state index contributed by atoms with van der Waals surface area (Å²) in [7, 11) is 1.85. The summed E-state index contributed by atoms with van der Waals surface area (Å²) in [5, 5.41) is 0. The molecule has 1 nitrogen and oxygen atoms in total. The third-order valence-electron chi connectivity index (χ3n) is 3.86. The van der Waals surface area contributed by atoms with Crippen LogP contribution >= 0.6 is 0 Å². The lowest BCUT2D eigenvalue weighted by atomic mass is 9.86. The first-order valence-corrected chi connectivity index (χ1v) is 7.18. The van der Waals surface area contributed by atoms with E-state index in [0.29, 0.717) is 5.56 Å². The molecule has 0 aliphatic carbocycles. The number of aromatic nitrogens is 1. The molecular weight excluding hydrogens is 287 g/mol. The Kier molecular flexibility index (Phi) is 4.07. The number of benzene rings is 1. The predicted octanol–water partition coefficient (Wildman–Crippen LogP) is 4.80. The highest BCUT2D eigenvalue weighted by atomic mass is 19.4. The van der Waals surface area contributed by atoms with E-state index < -0.39 is 11.7 Å². The molecule has 0 saturated heterocycles. The number of nitrogens with zero attached hydrogens (tertiary/aromatic N) is 1. The summed E-state index contributed by atoms with van der Waals surface area (Å²) in [6.45, 7) is 8.10. The molecule has 0 saturated carbocycles. The van der Waals surface area contributed by atoms with Crippen LogP contribution < -0.4 is 4.57 Å². The largest absolute Gasteiger partial charge is 0.416 e. The number of rotatable bonds is 1. The molecule has 0 amide bonds. The van der Waals surface area contributed by atoms with Gasteiger partial charge in [-0.25, -0.2) is 4.57 Å². The highest BCUT2D eigenvalue weighted by Gasteiger charge is 2.31. The van der Waals surface area contributed by atoms with Gasteiger partial charge < -0.3 is 0 Å². The van der Waals surface area contributed by atoms with E-state index in [-0.39, 0.29) is 5.41 Å². The van der Waals surface area contributed by atoms with E-state index >= 15 is 0 Å². The van der Waals surface area contributed by atoms with Crippen molar-refractivity contribution in [2.45, 2.75) is 39.3 Å².